The van der Waals surface area contributed by atoms with Gasteiger partial charge in [0.25, 0.3) is 5.91 Å². The van der Waals surface area contributed by atoms with Crippen LogP contribution >= 0.6 is 0 Å². The molecule has 1 aromatic carbocycles. The van der Waals surface area contributed by atoms with E-state index in [1.165, 1.54) is 19.1 Å². The molecule has 3 amide bonds. The summed E-state index contributed by atoms with van der Waals surface area (Å²) in [6, 6.07) is 5.51. The molecule has 0 radical (unpaired) electrons. The van der Waals surface area contributed by atoms with E-state index in [2.05, 4.69) is 5.32 Å². The largest absolute Gasteiger partial charge is 0.425 e. The molecule has 1 atom stereocenters. The third-order valence-corrected chi connectivity index (χ3v) is 4.47. The van der Waals surface area contributed by atoms with Crippen LogP contribution in [-0.4, -0.2) is 40.7 Å². The lowest BCUT2D eigenvalue weighted by Gasteiger charge is -2.20. The van der Waals surface area contributed by atoms with Gasteiger partial charge < -0.3 is 10.1 Å². The number of ketones is 1. The van der Waals surface area contributed by atoms with E-state index in [1.807, 2.05) is 0 Å². The van der Waals surface area contributed by atoms with E-state index in [0.717, 1.165) is 17.7 Å². The molecule has 2 fully saturated rings. The van der Waals surface area contributed by atoms with Crippen LogP contribution in [0.2, 0.25) is 0 Å². The Bertz CT molecular complexity index is 723. The van der Waals surface area contributed by atoms with Crippen molar-refractivity contribution in [3.63, 3.8) is 0 Å². The lowest BCUT2D eigenvalue weighted by molar-refractivity contribution is -0.141. The van der Waals surface area contributed by atoms with Crippen molar-refractivity contribution in [2.75, 3.05) is 6.54 Å². The molecule has 7 heteroatoms. The molecule has 2 aliphatic rings. The summed E-state index contributed by atoms with van der Waals surface area (Å²) in [5.41, 5.74) is -0.412. The molecular formula is C17H18N2O5. The number of nitrogens with one attached hydrogen (secondary N) is 1. The van der Waals surface area contributed by atoms with Gasteiger partial charge in [-0.3, -0.25) is 14.5 Å². The van der Waals surface area contributed by atoms with E-state index < -0.39 is 24.1 Å². The number of ether oxygens (including phenoxy) is 1. The monoisotopic (exact) mass is 330 g/mol. The SMILES string of the molecule is CC(=O)c1ccc(OC(=O)CN2C(=O)N[C@@](C)(C3CC3)C2=O)cc1. The quantitative estimate of drug-likeness (QED) is 0.382. The molecule has 0 bridgehead atoms. The van der Waals surface area contributed by atoms with Gasteiger partial charge in [-0.2, -0.15) is 0 Å². The summed E-state index contributed by atoms with van der Waals surface area (Å²) in [6.45, 7) is 2.69. The zero-order valence-corrected chi connectivity index (χ0v) is 13.5. The Morgan fingerprint density at radius 1 is 1.25 bits per heavy atom. The van der Waals surface area contributed by atoms with Crippen molar-refractivity contribution < 1.29 is 23.9 Å². The van der Waals surface area contributed by atoms with E-state index in [9.17, 15) is 19.2 Å². The van der Waals surface area contributed by atoms with Gasteiger partial charge in [0.05, 0.1) is 0 Å². The summed E-state index contributed by atoms with van der Waals surface area (Å²) in [5.74, 6) is -0.810. The van der Waals surface area contributed by atoms with Crippen molar-refractivity contribution in [2.45, 2.75) is 32.2 Å². The van der Waals surface area contributed by atoms with E-state index in [1.54, 1.807) is 19.1 Å². The molecule has 0 aromatic heterocycles. The molecule has 0 spiro atoms. The zero-order valence-electron chi connectivity index (χ0n) is 13.5. The number of nitrogens with zero attached hydrogens (tertiary/aromatic N) is 1. The average Bonchev–Trinajstić information content (AvgIpc) is 3.34. The smallest absolute Gasteiger partial charge is 0.331 e. The lowest BCUT2D eigenvalue weighted by atomic mass is 9.96. The number of carbonyl (C=O) groups excluding carboxylic acids is 4. The van der Waals surface area contributed by atoms with Crippen molar-refractivity contribution in [2.24, 2.45) is 5.92 Å². The number of amides is 3. The highest BCUT2D eigenvalue weighted by atomic mass is 16.5. The third kappa shape index (κ3) is 2.89. The zero-order chi connectivity index (χ0) is 17.5. The van der Waals surface area contributed by atoms with Gasteiger partial charge in [-0.05, 0) is 56.9 Å². The van der Waals surface area contributed by atoms with E-state index in [4.69, 9.17) is 4.74 Å². The topological polar surface area (TPSA) is 92.8 Å². The molecule has 1 aliphatic carbocycles. The van der Waals surface area contributed by atoms with Gasteiger partial charge in [0, 0.05) is 5.56 Å². The Balaban J connectivity index is 1.63. The first-order chi connectivity index (χ1) is 11.3. The van der Waals surface area contributed by atoms with Gasteiger partial charge in [-0.25, -0.2) is 9.59 Å². The van der Waals surface area contributed by atoms with Gasteiger partial charge in [0.15, 0.2) is 5.78 Å². The second-order valence-corrected chi connectivity index (χ2v) is 6.35. The van der Waals surface area contributed by atoms with Crippen LogP contribution in [-0.2, 0) is 9.59 Å². The fourth-order valence-electron chi connectivity index (χ4n) is 2.85. The van der Waals surface area contributed by atoms with Crippen LogP contribution in [0.3, 0.4) is 0 Å². The predicted molar refractivity (Wildman–Crippen MR) is 83.5 cm³/mol. The molecule has 1 heterocycles. The highest BCUT2D eigenvalue weighted by molar-refractivity contribution is 6.09. The van der Waals surface area contributed by atoms with Gasteiger partial charge >= 0.3 is 12.0 Å². The summed E-state index contributed by atoms with van der Waals surface area (Å²) in [6.07, 6.45) is 1.78. The van der Waals surface area contributed by atoms with Crippen molar-refractivity contribution in [3.05, 3.63) is 29.8 Å². The predicted octanol–water partition coefficient (Wildman–Crippen LogP) is 1.52. The maximum Gasteiger partial charge on any atom is 0.331 e. The van der Waals surface area contributed by atoms with Gasteiger partial charge in [-0.15, -0.1) is 0 Å². The number of esters is 1. The van der Waals surface area contributed by atoms with Gasteiger partial charge in [-0.1, -0.05) is 0 Å². The number of imide groups is 1. The molecule has 24 heavy (non-hydrogen) atoms. The van der Waals surface area contributed by atoms with Crippen LogP contribution in [0, 0.1) is 5.92 Å². The first kappa shape index (κ1) is 16.2. The van der Waals surface area contributed by atoms with E-state index >= 15 is 0 Å². The van der Waals surface area contributed by atoms with Crippen LogP contribution in [0.25, 0.3) is 0 Å². The molecule has 1 saturated carbocycles. The number of urea groups is 1. The number of hydrogen-bond donors (Lipinski definition) is 1. The number of benzene rings is 1. The van der Waals surface area contributed by atoms with Crippen LogP contribution in [0.1, 0.15) is 37.0 Å². The first-order valence-corrected chi connectivity index (χ1v) is 7.77. The summed E-state index contributed by atoms with van der Waals surface area (Å²) >= 11 is 0. The first-order valence-electron chi connectivity index (χ1n) is 7.77. The van der Waals surface area contributed by atoms with E-state index in [0.29, 0.717) is 5.56 Å². The summed E-state index contributed by atoms with van der Waals surface area (Å²) in [7, 11) is 0. The minimum absolute atomic E-state index is 0.0911. The summed E-state index contributed by atoms with van der Waals surface area (Å²) in [4.78, 5) is 48.5. The molecule has 7 nitrogen and oxygen atoms in total. The Hall–Kier alpha value is -2.70. The van der Waals surface area contributed by atoms with Crippen molar-refractivity contribution >= 4 is 23.7 Å². The highest BCUT2D eigenvalue weighted by Gasteiger charge is 2.56. The van der Waals surface area contributed by atoms with Gasteiger partial charge in [0.1, 0.15) is 17.8 Å². The minimum atomic E-state index is -0.916. The number of Topliss-reactive ketones (excluding diaryl/α,β-unsaturated/α-hetero) is 1. The molecular weight excluding hydrogens is 312 g/mol. The Kier molecular flexibility index (Phi) is 3.87. The maximum atomic E-state index is 12.4. The fraction of sp³-hybridized carbons (Fsp3) is 0.412. The van der Waals surface area contributed by atoms with Crippen molar-refractivity contribution in [1.82, 2.24) is 10.2 Å². The highest BCUT2D eigenvalue weighted by Crippen LogP contribution is 2.42. The Morgan fingerprint density at radius 2 is 1.88 bits per heavy atom. The average molecular weight is 330 g/mol. The van der Waals surface area contributed by atoms with Crippen molar-refractivity contribution in [3.8, 4) is 5.75 Å². The Morgan fingerprint density at radius 3 is 2.42 bits per heavy atom. The molecule has 1 aliphatic heterocycles. The number of carbonyl (C=O) groups is 4. The number of rotatable bonds is 5. The van der Waals surface area contributed by atoms with Crippen LogP contribution in [0.5, 0.6) is 5.75 Å². The lowest BCUT2D eigenvalue weighted by Crippen LogP contribution is -2.46. The Labute approximate surface area is 139 Å². The summed E-state index contributed by atoms with van der Waals surface area (Å²) < 4.78 is 5.13. The second-order valence-electron chi connectivity index (χ2n) is 6.35. The second kappa shape index (κ2) is 5.74. The standard InChI is InChI=1S/C17H18N2O5/c1-10(20)11-3-7-13(8-4-11)24-14(21)9-19-15(22)17(2,12-5-6-12)18-16(19)23/h3-4,7-8,12H,5-6,9H2,1-2H3,(H,18,23)/t17-/m0/s1. The maximum absolute atomic E-state index is 12.4. The van der Waals surface area contributed by atoms with Crippen molar-refractivity contribution in [1.29, 1.82) is 0 Å². The molecule has 126 valence electrons. The molecule has 3 rings (SSSR count). The third-order valence-electron chi connectivity index (χ3n) is 4.47. The molecule has 1 N–H and O–H groups in total. The minimum Gasteiger partial charge on any atom is -0.425 e. The van der Waals surface area contributed by atoms with Crippen LogP contribution < -0.4 is 10.1 Å². The van der Waals surface area contributed by atoms with Crippen LogP contribution in [0.4, 0.5) is 4.79 Å². The normalized spacial score (nSPS) is 23.2. The van der Waals surface area contributed by atoms with E-state index in [-0.39, 0.29) is 23.4 Å². The van der Waals surface area contributed by atoms with Crippen LogP contribution in [0.15, 0.2) is 24.3 Å². The molecule has 1 saturated heterocycles. The summed E-state index contributed by atoms with van der Waals surface area (Å²) in [5, 5.41) is 2.67. The fourth-order valence-corrected chi connectivity index (χ4v) is 2.85. The molecule has 0 unspecified atom stereocenters. The number of hydrogen-bond acceptors (Lipinski definition) is 5. The van der Waals surface area contributed by atoms with Gasteiger partial charge in [0.2, 0.25) is 0 Å². The molecule has 1 aromatic rings.